The molecule has 0 radical (unpaired) electrons. The topological polar surface area (TPSA) is 71.0 Å². The third kappa shape index (κ3) is 3.68. The van der Waals surface area contributed by atoms with Crippen LogP contribution in [0.15, 0.2) is 72.0 Å². The lowest BCUT2D eigenvalue weighted by molar-refractivity contribution is 0.399. The van der Waals surface area contributed by atoms with E-state index >= 15 is 0 Å². The zero-order valence-electron chi connectivity index (χ0n) is 17.7. The first kappa shape index (κ1) is 20.0. The lowest BCUT2D eigenvalue weighted by Crippen LogP contribution is -2.34. The molecule has 2 atom stereocenters. The van der Waals surface area contributed by atoms with Crippen LogP contribution in [0.4, 0.5) is 0 Å². The Balaban J connectivity index is 1.36. The van der Waals surface area contributed by atoms with Crippen LogP contribution in [0.5, 0.6) is 0 Å². The molecule has 5 rings (SSSR count). The minimum atomic E-state index is -3.48. The van der Waals surface area contributed by atoms with Crippen molar-refractivity contribution in [2.24, 2.45) is 5.92 Å². The van der Waals surface area contributed by atoms with E-state index in [4.69, 9.17) is 0 Å². The Hall–Kier alpha value is -2.90. The van der Waals surface area contributed by atoms with Crippen molar-refractivity contribution in [3.63, 3.8) is 0 Å². The van der Waals surface area contributed by atoms with E-state index in [1.165, 1.54) is 10.9 Å². The number of aryl methyl sites for hydroxylation is 1. The number of H-pyrrole nitrogens is 1. The van der Waals surface area contributed by atoms with Gasteiger partial charge in [-0.25, -0.2) is 8.42 Å². The Morgan fingerprint density at radius 1 is 1.13 bits per heavy atom. The predicted octanol–water partition coefficient (Wildman–Crippen LogP) is 4.44. The fourth-order valence-corrected chi connectivity index (χ4v) is 6.54. The summed E-state index contributed by atoms with van der Waals surface area (Å²) in [5, 5.41) is 8.06. The molecule has 0 spiro atoms. The van der Waals surface area contributed by atoms with Gasteiger partial charge in [-0.2, -0.15) is 9.40 Å². The number of hydrogen-bond donors (Lipinski definition) is 1. The predicted molar refractivity (Wildman–Crippen MR) is 122 cm³/mol. The number of benzene rings is 2. The fraction of sp³-hybridized carbons (Fsp3) is 0.292. The number of sulfonamides is 1. The molecule has 160 valence electrons. The van der Waals surface area contributed by atoms with Gasteiger partial charge in [-0.3, -0.25) is 5.10 Å². The van der Waals surface area contributed by atoms with E-state index in [-0.39, 0.29) is 12.0 Å². The van der Waals surface area contributed by atoms with Gasteiger partial charge in [-0.1, -0.05) is 18.2 Å². The van der Waals surface area contributed by atoms with Gasteiger partial charge in [0.05, 0.1) is 11.1 Å². The quantitative estimate of drug-likeness (QED) is 0.505. The minimum absolute atomic E-state index is 0.00923. The lowest BCUT2D eigenvalue weighted by atomic mass is 10.1. The standard InChI is InChI=1S/C24H26N4O2S/c1-17-4-3-5-23(10-17)31(29,30)28-16-19(11-18(28)2)15-27-9-8-21-12-20(6-7-24(21)27)22-13-25-26-14-22/h3-10,12-14,18-19H,11,15-16H2,1-2H3,(H,25,26). The van der Waals surface area contributed by atoms with Crippen LogP contribution in [-0.4, -0.2) is 40.1 Å². The molecule has 2 aromatic carbocycles. The van der Waals surface area contributed by atoms with E-state index in [0.717, 1.165) is 29.7 Å². The fourth-order valence-electron chi connectivity index (χ4n) is 4.71. The number of nitrogens with one attached hydrogen (secondary N) is 1. The molecule has 31 heavy (non-hydrogen) atoms. The lowest BCUT2D eigenvalue weighted by Gasteiger charge is -2.21. The van der Waals surface area contributed by atoms with Crippen LogP contribution in [0.2, 0.25) is 0 Å². The van der Waals surface area contributed by atoms with E-state index in [2.05, 4.69) is 45.2 Å². The molecular weight excluding hydrogens is 408 g/mol. The van der Waals surface area contributed by atoms with Crippen molar-refractivity contribution in [1.82, 2.24) is 19.1 Å². The summed E-state index contributed by atoms with van der Waals surface area (Å²) in [6.45, 7) is 5.28. The third-order valence-corrected chi connectivity index (χ3v) is 8.23. The highest BCUT2D eigenvalue weighted by Crippen LogP contribution is 2.32. The van der Waals surface area contributed by atoms with Gasteiger partial charge in [-0.15, -0.1) is 0 Å². The van der Waals surface area contributed by atoms with Crippen molar-refractivity contribution >= 4 is 20.9 Å². The molecule has 1 fully saturated rings. The number of aromatic amines is 1. The Morgan fingerprint density at radius 2 is 2.00 bits per heavy atom. The Labute approximate surface area is 182 Å². The first-order valence-corrected chi connectivity index (χ1v) is 12.0. The van der Waals surface area contributed by atoms with Gasteiger partial charge < -0.3 is 4.57 Å². The van der Waals surface area contributed by atoms with Gasteiger partial charge in [0, 0.05) is 48.0 Å². The maximum Gasteiger partial charge on any atom is 0.243 e. The smallest absolute Gasteiger partial charge is 0.243 e. The Morgan fingerprint density at radius 3 is 2.77 bits per heavy atom. The third-order valence-electron chi connectivity index (χ3n) is 6.26. The summed E-state index contributed by atoms with van der Waals surface area (Å²) in [7, 11) is -3.48. The zero-order chi connectivity index (χ0) is 21.6. The molecule has 1 aliphatic heterocycles. The summed E-state index contributed by atoms with van der Waals surface area (Å²) < 4.78 is 30.4. The summed E-state index contributed by atoms with van der Waals surface area (Å²) in [4.78, 5) is 0.387. The van der Waals surface area contributed by atoms with Crippen molar-refractivity contribution in [2.75, 3.05) is 6.54 Å². The van der Waals surface area contributed by atoms with Crippen molar-refractivity contribution in [3.05, 3.63) is 72.7 Å². The van der Waals surface area contributed by atoms with Crippen molar-refractivity contribution in [3.8, 4) is 11.1 Å². The molecule has 0 bridgehead atoms. The van der Waals surface area contributed by atoms with Crippen molar-refractivity contribution in [2.45, 2.75) is 37.8 Å². The van der Waals surface area contributed by atoms with E-state index in [0.29, 0.717) is 11.4 Å². The molecule has 2 aromatic heterocycles. The minimum Gasteiger partial charge on any atom is -0.347 e. The second kappa shape index (κ2) is 7.66. The van der Waals surface area contributed by atoms with Crippen LogP contribution in [0, 0.1) is 12.8 Å². The molecule has 0 saturated carbocycles. The molecule has 1 N–H and O–H groups in total. The van der Waals surface area contributed by atoms with Crippen molar-refractivity contribution in [1.29, 1.82) is 0 Å². The second-order valence-corrected chi connectivity index (χ2v) is 10.5. The van der Waals surface area contributed by atoms with E-state index in [1.54, 1.807) is 16.4 Å². The highest BCUT2D eigenvalue weighted by atomic mass is 32.2. The Bertz CT molecular complexity index is 1320. The molecule has 1 aliphatic rings. The summed E-state index contributed by atoms with van der Waals surface area (Å²) in [5.74, 6) is 0.277. The number of nitrogens with zero attached hydrogens (tertiary/aromatic N) is 3. The number of fused-ring (bicyclic) bond motifs is 1. The maximum atomic E-state index is 13.2. The number of aromatic nitrogens is 3. The maximum absolute atomic E-state index is 13.2. The number of rotatable bonds is 5. The zero-order valence-corrected chi connectivity index (χ0v) is 18.5. The first-order valence-electron chi connectivity index (χ1n) is 10.6. The summed E-state index contributed by atoms with van der Waals surface area (Å²) in [6.07, 6.45) is 6.67. The molecule has 7 heteroatoms. The molecule has 2 unspecified atom stereocenters. The summed E-state index contributed by atoms with van der Waals surface area (Å²) in [5.41, 5.74) is 4.32. The first-order chi connectivity index (χ1) is 14.9. The average molecular weight is 435 g/mol. The van der Waals surface area contributed by atoms with Crippen LogP contribution in [-0.2, 0) is 16.6 Å². The van der Waals surface area contributed by atoms with E-state index < -0.39 is 10.0 Å². The van der Waals surface area contributed by atoms with Crippen molar-refractivity contribution < 1.29 is 8.42 Å². The van der Waals surface area contributed by atoms with Crippen LogP contribution < -0.4 is 0 Å². The van der Waals surface area contributed by atoms with Gasteiger partial charge in [0.25, 0.3) is 0 Å². The highest BCUT2D eigenvalue weighted by Gasteiger charge is 2.38. The average Bonchev–Trinajstić information content (AvgIpc) is 3.49. The second-order valence-electron chi connectivity index (χ2n) is 8.57. The Kier molecular flexibility index (Phi) is 4.95. The van der Waals surface area contributed by atoms with Crippen LogP contribution >= 0.6 is 0 Å². The van der Waals surface area contributed by atoms with Gasteiger partial charge >= 0.3 is 0 Å². The molecule has 3 heterocycles. The van der Waals surface area contributed by atoms with E-state index in [1.807, 2.05) is 38.4 Å². The summed E-state index contributed by atoms with van der Waals surface area (Å²) >= 11 is 0. The molecule has 1 saturated heterocycles. The normalized spacial score (nSPS) is 19.9. The van der Waals surface area contributed by atoms with E-state index in [9.17, 15) is 8.42 Å². The van der Waals surface area contributed by atoms with Crippen LogP contribution in [0.25, 0.3) is 22.0 Å². The van der Waals surface area contributed by atoms with Crippen LogP contribution in [0.1, 0.15) is 18.9 Å². The molecule has 0 aliphatic carbocycles. The monoisotopic (exact) mass is 434 g/mol. The highest BCUT2D eigenvalue weighted by molar-refractivity contribution is 7.89. The largest absolute Gasteiger partial charge is 0.347 e. The van der Waals surface area contributed by atoms with Gasteiger partial charge in [0.2, 0.25) is 10.0 Å². The molecular formula is C24H26N4O2S. The van der Waals surface area contributed by atoms with Gasteiger partial charge in [-0.05, 0) is 67.6 Å². The SMILES string of the molecule is Cc1cccc(S(=O)(=O)N2CC(Cn3ccc4cc(-c5cn[nH]c5)ccc43)CC2C)c1. The van der Waals surface area contributed by atoms with Crippen LogP contribution in [0.3, 0.4) is 0 Å². The van der Waals surface area contributed by atoms with Gasteiger partial charge in [0.15, 0.2) is 0 Å². The molecule has 0 amide bonds. The summed E-state index contributed by atoms with van der Waals surface area (Å²) in [6, 6.07) is 15.7. The number of hydrogen-bond acceptors (Lipinski definition) is 3. The molecule has 6 nitrogen and oxygen atoms in total. The van der Waals surface area contributed by atoms with Gasteiger partial charge in [0.1, 0.15) is 0 Å². The molecule has 4 aromatic rings.